The Morgan fingerprint density at radius 3 is 2.38 bits per heavy atom. The van der Waals surface area contributed by atoms with Gasteiger partial charge in [0, 0.05) is 6.92 Å². The molecular formula is C26H20N3NaO3S. The van der Waals surface area contributed by atoms with Gasteiger partial charge in [0.1, 0.15) is 0 Å². The number of aliphatic carboxylic acids is 1. The SMILES string of the molecule is CC(=O)O.O=C1NC(=Nc2ccc3[n-]ccc3c2)SC1=Cc1ccc(-c2ccccc2)cc1.[Na+]. The quantitative estimate of drug-likeness (QED) is 0.349. The van der Waals surface area contributed by atoms with Crippen LogP contribution in [0, 0.1) is 0 Å². The summed E-state index contributed by atoms with van der Waals surface area (Å²) in [5.41, 5.74) is 5.04. The fourth-order valence-electron chi connectivity index (χ4n) is 3.21. The van der Waals surface area contributed by atoms with Crippen molar-refractivity contribution in [3.63, 3.8) is 0 Å². The average Bonchev–Trinajstić information content (AvgIpc) is 3.40. The number of carboxylic acid groups (broad SMARTS) is 1. The van der Waals surface area contributed by atoms with Gasteiger partial charge in [0.2, 0.25) is 0 Å². The van der Waals surface area contributed by atoms with E-state index in [0.717, 1.165) is 34.6 Å². The van der Waals surface area contributed by atoms with Crippen LogP contribution in [0.5, 0.6) is 0 Å². The second-order valence-corrected chi connectivity index (χ2v) is 8.21. The van der Waals surface area contributed by atoms with Crippen LogP contribution in [0.1, 0.15) is 12.5 Å². The molecule has 8 heteroatoms. The minimum Gasteiger partial charge on any atom is -0.664 e. The van der Waals surface area contributed by atoms with Crippen molar-refractivity contribution < 1.29 is 44.3 Å². The van der Waals surface area contributed by atoms with Crippen LogP contribution in [0.15, 0.2) is 95.0 Å². The number of hydrogen-bond donors (Lipinski definition) is 2. The third-order valence-corrected chi connectivity index (χ3v) is 5.59. The van der Waals surface area contributed by atoms with Gasteiger partial charge in [0.15, 0.2) is 5.17 Å². The second-order valence-electron chi connectivity index (χ2n) is 7.18. The number of amidine groups is 1. The van der Waals surface area contributed by atoms with Gasteiger partial charge < -0.3 is 15.4 Å². The van der Waals surface area contributed by atoms with Crippen LogP contribution in [0.2, 0.25) is 0 Å². The Bertz CT molecular complexity index is 1360. The van der Waals surface area contributed by atoms with E-state index in [1.165, 1.54) is 17.3 Å². The number of fused-ring (bicyclic) bond motifs is 1. The van der Waals surface area contributed by atoms with Crippen molar-refractivity contribution in [2.24, 2.45) is 4.99 Å². The molecule has 0 atom stereocenters. The van der Waals surface area contributed by atoms with Gasteiger partial charge >= 0.3 is 29.6 Å². The minimum atomic E-state index is -0.833. The molecule has 0 unspecified atom stereocenters. The van der Waals surface area contributed by atoms with Crippen LogP contribution >= 0.6 is 11.8 Å². The normalized spacial score (nSPS) is 14.9. The Kier molecular flexibility index (Phi) is 8.90. The van der Waals surface area contributed by atoms with Gasteiger partial charge in [-0.1, -0.05) is 66.7 Å². The zero-order valence-electron chi connectivity index (χ0n) is 18.7. The van der Waals surface area contributed by atoms with Gasteiger partial charge in [0.25, 0.3) is 11.9 Å². The van der Waals surface area contributed by atoms with E-state index < -0.39 is 5.97 Å². The molecule has 0 aliphatic carbocycles. The summed E-state index contributed by atoms with van der Waals surface area (Å²) < 4.78 is 0. The predicted octanol–water partition coefficient (Wildman–Crippen LogP) is 2.45. The number of nitrogens with zero attached hydrogens (tertiary/aromatic N) is 2. The molecule has 1 aromatic heterocycles. The first kappa shape index (κ1) is 25.5. The smallest absolute Gasteiger partial charge is 0.664 e. The zero-order valence-corrected chi connectivity index (χ0v) is 21.5. The molecule has 1 fully saturated rings. The Balaban J connectivity index is 0.000000603. The first-order valence-electron chi connectivity index (χ1n) is 10.1. The third kappa shape index (κ3) is 6.71. The number of carboxylic acids is 1. The maximum absolute atomic E-state index is 12.3. The summed E-state index contributed by atoms with van der Waals surface area (Å²) in [5, 5.41) is 11.9. The van der Waals surface area contributed by atoms with E-state index in [0.29, 0.717) is 10.1 Å². The van der Waals surface area contributed by atoms with Crippen molar-refractivity contribution in [1.82, 2.24) is 10.3 Å². The Morgan fingerprint density at radius 2 is 1.68 bits per heavy atom. The second kappa shape index (κ2) is 11.9. The number of aliphatic imine (C=N–C) groups is 1. The third-order valence-electron chi connectivity index (χ3n) is 4.68. The van der Waals surface area contributed by atoms with E-state index in [1.54, 1.807) is 6.20 Å². The van der Waals surface area contributed by atoms with E-state index in [2.05, 4.69) is 39.6 Å². The number of aromatic nitrogens is 1. The molecule has 164 valence electrons. The summed E-state index contributed by atoms with van der Waals surface area (Å²) in [4.78, 5) is 30.8. The molecule has 3 aromatic carbocycles. The predicted molar refractivity (Wildman–Crippen MR) is 133 cm³/mol. The van der Waals surface area contributed by atoms with E-state index in [4.69, 9.17) is 9.90 Å². The van der Waals surface area contributed by atoms with Gasteiger partial charge in [-0.25, -0.2) is 4.99 Å². The molecule has 4 aromatic rings. The fourth-order valence-corrected chi connectivity index (χ4v) is 4.05. The molecule has 1 amide bonds. The summed E-state index contributed by atoms with van der Waals surface area (Å²) >= 11 is 1.35. The maximum atomic E-state index is 12.3. The minimum absolute atomic E-state index is 0. The molecule has 2 heterocycles. The number of thioether (sulfide) groups is 1. The molecule has 0 bridgehead atoms. The van der Waals surface area contributed by atoms with Gasteiger partial charge in [-0.2, -0.15) is 6.20 Å². The number of rotatable bonds is 3. The van der Waals surface area contributed by atoms with Crippen LogP contribution in [-0.2, 0) is 9.59 Å². The molecule has 0 radical (unpaired) electrons. The van der Waals surface area contributed by atoms with Crippen molar-refractivity contribution in [2.75, 3.05) is 0 Å². The Labute approximate surface area is 223 Å². The van der Waals surface area contributed by atoms with E-state index in [-0.39, 0.29) is 35.5 Å². The van der Waals surface area contributed by atoms with Crippen LogP contribution in [0.3, 0.4) is 0 Å². The molecule has 1 aliphatic heterocycles. The van der Waals surface area contributed by atoms with E-state index >= 15 is 0 Å². The standard InChI is InChI=1S/C24H16N3OS.C2H4O2.Na/c28-23-22(14-16-6-8-18(9-7-16)17-4-2-1-3-5-17)29-24(27-23)26-20-10-11-21-19(15-20)12-13-25-21;1-2(3)4;/h1-15H,(H,26,27,28);1H3,(H,3,4);/q-1;;+1. The molecular weight excluding hydrogens is 457 g/mol. The largest absolute Gasteiger partial charge is 1.00 e. The molecule has 2 N–H and O–H groups in total. The molecule has 0 saturated carbocycles. The summed E-state index contributed by atoms with van der Waals surface area (Å²) in [7, 11) is 0. The summed E-state index contributed by atoms with van der Waals surface area (Å²) in [6, 6.07) is 26.1. The number of nitrogens with one attached hydrogen (secondary N) is 1. The summed E-state index contributed by atoms with van der Waals surface area (Å²) in [5.74, 6) is -0.961. The Hall–Kier alpha value is -3.10. The van der Waals surface area contributed by atoms with E-state index in [9.17, 15) is 4.79 Å². The van der Waals surface area contributed by atoms with Crippen molar-refractivity contribution in [3.05, 3.63) is 95.5 Å². The van der Waals surface area contributed by atoms with Crippen LogP contribution < -0.4 is 39.9 Å². The number of benzene rings is 3. The first-order valence-corrected chi connectivity index (χ1v) is 11.0. The van der Waals surface area contributed by atoms with Crippen LogP contribution in [0.25, 0.3) is 28.1 Å². The fraction of sp³-hybridized carbons (Fsp3) is 0.0385. The zero-order chi connectivity index (χ0) is 23.2. The summed E-state index contributed by atoms with van der Waals surface area (Å²) in [6.07, 6.45) is 3.67. The van der Waals surface area contributed by atoms with Crippen molar-refractivity contribution in [2.45, 2.75) is 6.92 Å². The molecule has 0 spiro atoms. The van der Waals surface area contributed by atoms with E-state index in [1.807, 2.05) is 60.7 Å². The number of hydrogen-bond acceptors (Lipinski definition) is 4. The molecule has 6 nitrogen and oxygen atoms in total. The number of amides is 1. The molecule has 1 saturated heterocycles. The molecule has 5 rings (SSSR count). The van der Waals surface area contributed by atoms with Crippen molar-refractivity contribution >= 4 is 51.5 Å². The van der Waals surface area contributed by atoms with Crippen LogP contribution in [-0.4, -0.2) is 22.2 Å². The van der Waals surface area contributed by atoms with Gasteiger partial charge in [0.05, 0.1) is 10.6 Å². The number of carbonyl (C=O) groups is 2. The van der Waals surface area contributed by atoms with Crippen molar-refractivity contribution in [3.8, 4) is 11.1 Å². The van der Waals surface area contributed by atoms with Gasteiger partial charge in [-0.05, 0) is 52.0 Å². The summed E-state index contributed by atoms with van der Waals surface area (Å²) in [6.45, 7) is 1.08. The molecule has 1 aliphatic rings. The maximum Gasteiger partial charge on any atom is 1.00 e. The van der Waals surface area contributed by atoms with Crippen molar-refractivity contribution in [1.29, 1.82) is 0 Å². The first-order chi connectivity index (χ1) is 16.0. The Morgan fingerprint density at radius 1 is 1.00 bits per heavy atom. The molecule has 34 heavy (non-hydrogen) atoms. The van der Waals surface area contributed by atoms with Gasteiger partial charge in [-0.15, -0.1) is 5.52 Å². The van der Waals surface area contributed by atoms with Crippen LogP contribution in [0.4, 0.5) is 5.69 Å². The monoisotopic (exact) mass is 477 g/mol. The topological polar surface area (TPSA) is 92.9 Å². The number of carbonyl (C=O) groups excluding carboxylic acids is 1. The average molecular weight is 478 g/mol. The van der Waals surface area contributed by atoms with Gasteiger partial charge in [-0.3, -0.25) is 9.59 Å².